The van der Waals surface area contributed by atoms with Crippen LogP contribution in [0.15, 0.2) is 18.2 Å². The largest absolute Gasteiger partial charge is 0.372 e. The van der Waals surface area contributed by atoms with E-state index in [1.807, 2.05) is 18.9 Å². The van der Waals surface area contributed by atoms with Crippen LogP contribution in [-0.2, 0) is 0 Å². The zero-order valence-corrected chi connectivity index (χ0v) is 11.1. The van der Waals surface area contributed by atoms with Crippen molar-refractivity contribution in [3.63, 3.8) is 0 Å². The minimum Gasteiger partial charge on any atom is -0.372 e. The number of rotatable bonds is 5. The van der Waals surface area contributed by atoms with E-state index in [-0.39, 0.29) is 23.1 Å². The third-order valence-electron chi connectivity index (χ3n) is 3.22. The number of ketones is 1. The summed E-state index contributed by atoms with van der Waals surface area (Å²) in [6.45, 7) is 5.44. The van der Waals surface area contributed by atoms with E-state index in [1.54, 1.807) is 6.07 Å². The zero-order chi connectivity index (χ0) is 13.9. The smallest absolute Gasteiger partial charge is 0.282 e. The first-order chi connectivity index (χ1) is 8.38. The highest BCUT2D eigenvalue weighted by Crippen LogP contribution is 2.26. The van der Waals surface area contributed by atoms with Gasteiger partial charge in [-0.1, -0.05) is 6.92 Å². The highest BCUT2D eigenvalue weighted by atomic mass is 16.6. The molecule has 1 atom stereocenters. The summed E-state index contributed by atoms with van der Waals surface area (Å²) in [5.41, 5.74) is 0.775. The molecule has 5 nitrogen and oxygen atoms in total. The van der Waals surface area contributed by atoms with E-state index in [0.29, 0.717) is 0 Å². The van der Waals surface area contributed by atoms with Crippen molar-refractivity contribution in [1.29, 1.82) is 0 Å². The predicted octanol–water partition coefficient (Wildman–Crippen LogP) is 3.03. The fourth-order valence-corrected chi connectivity index (χ4v) is 1.72. The maximum atomic E-state index is 11.3. The Labute approximate surface area is 107 Å². The Bertz CT molecular complexity index is 471. The van der Waals surface area contributed by atoms with Crippen LogP contribution in [0.1, 0.15) is 37.6 Å². The highest BCUT2D eigenvalue weighted by Gasteiger charge is 2.19. The van der Waals surface area contributed by atoms with E-state index in [0.717, 1.165) is 12.1 Å². The van der Waals surface area contributed by atoms with Gasteiger partial charge in [-0.3, -0.25) is 14.9 Å². The SMILES string of the molecule is CCC(C)N(C)c1ccc(C(C)=O)c([N+](=O)[O-])c1. The second-order valence-electron chi connectivity index (χ2n) is 4.38. The summed E-state index contributed by atoms with van der Waals surface area (Å²) in [7, 11) is 1.89. The van der Waals surface area contributed by atoms with Crippen LogP contribution in [0.5, 0.6) is 0 Å². The number of Topliss-reactive ketones (excluding diaryl/α,β-unsaturated/α-hetero) is 1. The number of carbonyl (C=O) groups excluding carboxylic acids is 1. The van der Waals surface area contributed by atoms with Gasteiger partial charge in [0, 0.05) is 24.8 Å². The Kier molecular flexibility index (Phi) is 4.42. The molecule has 1 unspecified atom stereocenters. The summed E-state index contributed by atoms with van der Waals surface area (Å²) in [5.74, 6) is -0.292. The summed E-state index contributed by atoms with van der Waals surface area (Å²) in [6.07, 6.45) is 0.943. The molecule has 0 heterocycles. The van der Waals surface area contributed by atoms with Crippen LogP contribution < -0.4 is 4.90 Å². The molecule has 0 aliphatic heterocycles. The molecular formula is C13H18N2O3. The monoisotopic (exact) mass is 250 g/mol. The summed E-state index contributed by atoms with van der Waals surface area (Å²) in [6, 6.07) is 5.01. The molecule has 1 rings (SSSR count). The number of hydrogen-bond acceptors (Lipinski definition) is 4. The summed E-state index contributed by atoms with van der Waals surface area (Å²) < 4.78 is 0. The molecule has 0 amide bonds. The molecule has 98 valence electrons. The van der Waals surface area contributed by atoms with Gasteiger partial charge in [-0.15, -0.1) is 0 Å². The molecule has 0 bridgehead atoms. The van der Waals surface area contributed by atoms with E-state index in [1.165, 1.54) is 19.1 Å². The number of anilines is 1. The van der Waals surface area contributed by atoms with Crippen LogP contribution in [0.2, 0.25) is 0 Å². The van der Waals surface area contributed by atoms with Crippen LogP contribution in [0.25, 0.3) is 0 Å². The van der Waals surface area contributed by atoms with Crippen molar-refractivity contribution in [2.75, 3.05) is 11.9 Å². The van der Waals surface area contributed by atoms with Crippen LogP contribution in [-0.4, -0.2) is 23.8 Å². The van der Waals surface area contributed by atoms with Crippen LogP contribution in [0.4, 0.5) is 11.4 Å². The standard InChI is InChI=1S/C13H18N2O3/c1-5-9(2)14(4)11-6-7-12(10(3)16)13(8-11)15(17)18/h6-9H,5H2,1-4H3. The minimum absolute atomic E-state index is 0.129. The van der Waals surface area contributed by atoms with Gasteiger partial charge in [0.05, 0.1) is 10.5 Å². The number of hydrogen-bond donors (Lipinski definition) is 0. The second-order valence-corrected chi connectivity index (χ2v) is 4.38. The maximum Gasteiger partial charge on any atom is 0.282 e. The Balaban J connectivity index is 3.23. The lowest BCUT2D eigenvalue weighted by molar-refractivity contribution is -0.385. The van der Waals surface area contributed by atoms with Crippen LogP contribution in [0.3, 0.4) is 0 Å². The molecule has 0 fully saturated rings. The van der Waals surface area contributed by atoms with Gasteiger partial charge in [0.15, 0.2) is 5.78 Å². The van der Waals surface area contributed by atoms with E-state index >= 15 is 0 Å². The first-order valence-corrected chi connectivity index (χ1v) is 5.90. The number of benzene rings is 1. The molecular weight excluding hydrogens is 232 g/mol. The van der Waals surface area contributed by atoms with E-state index in [9.17, 15) is 14.9 Å². The molecule has 1 aromatic rings. The predicted molar refractivity (Wildman–Crippen MR) is 71.3 cm³/mol. The Morgan fingerprint density at radius 3 is 2.56 bits per heavy atom. The molecule has 0 saturated heterocycles. The van der Waals surface area contributed by atoms with E-state index < -0.39 is 4.92 Å². The van der Waals surface area contributed by atoms with Crippen molar-refractivity contribution < 1.29 is 9.72 Å². The lowest BCUT2D eigenvalue weighted by Gasteiger charge is -2.26. The first kappa shape index (κ1) is 14.2. The normalized spacial score (nSPS) is 12.0. The third-order valence-corrected chi connectivity index (χ3v) is 3.22. The second kappa shape index (κ2) is 5.62. The molecule has 0 aliphatic carbocycles. The average molecular weight is 250 g/mol. The first-order valence-electron chi connectivity index (χ1n) is 5.90. The van der Waals surface area contributed by atoms with Crippen LogP contribution in [0, 0.1) is 10.1 Å². The van der Waals surface area contributed by atoms with Gasteiger partial charge in [-0.2, -0.15) is 0 Å². The molecule has 18 heavy (non-hydrogen) atoms. The molecule has 0 aromatic heterocycles. The fourth-order valence-electron chi connectivity index (χ4n) is 1.72. The van der Waals surface area contributed by atoms with Crippen molar-refractivity contribution in [2.24, 2.45) is 0 Å². The fraction of sp³-hybridized carbons (Fsp3) is 0.462. The summed E-state index contributed by atoms with van der Waals surface area (Å²) >= 11 is 0. The molecule has 1 aromatic carbocycles. The number of nitro groups is 1. The maximum absolute atomic E-state index is 11.3. The Hall–Kier alpha value is -1.91. The molecule has 5 heteroatoms. The van der Waals surface area contributed by atoms with Gasteiger partial charge in [0.2, 0.25) is 0 Å². The van der Waals surface area contributed by atoms with Crippen LogP contribution >= 0.6 is 0 Å². The summed E-state index contributed by atoms with van der Waals surface area (Å²) in [4.78, 5) is 23.8. The topological polar surface area (TPSA) is 63.5 Å². The number of nitro benzene ring substituents is 1. The lowest BCUT2D eigenvalue weighted by atomic mass is 10.1. The zero-order valence-electron chi connectivity index (χ0n) is 11.1. The number of nitrogens with zero attached hydrogens (tertiary/aromatic N) is 2. The van der Waals surface area contributed by atoms with Crippen molar-refractivity contribution in [3.8, 4) is 0 Å². The van der Waals surface area contributed by atoms with Crippen molar-refractivity contribution in [2.45, 2.75) is 33.2 Å². The quantitative estimate of drug-likeness (QED) is 0.457. The Morgan fingerprint density at radius 2 is 2.11 bits per heavy atom. The van der Waals surface area contributed by atoms with Gasteiger partial charge in [-0.25, -0.2) is 0 Å². The van der Waals surface area contributed by atoms with E-state index in [4.69, 9.17) is 0 Å². The molecule has 0 saturated carbocycles. The molecule has 0 N–H and O–H groups in total. The van der Waals surface area contributed by atoms with Crippen molar-refractivity contribution in [3.05, 3.63) is 33.9 Å². The van der Waals surface area contributed by atoms with Gasteiger partial charge in [-0.05, 0) is 32.4 Å². The third kappa shape index (κ3) is 2.85. The average Bonchev–Trinajstić information content (AvgIpc) is 2.35. The van der Waals surface area contributed by atoms with Gasteiger partial charge >= 0.3 is 0 Å². The van der Waals surface area contributed by atoms with E-state index in [2.05, 4.69) is 6.92 Å². The lowest BCUT2D eigenvalue weighted by Crippen LogP contribution is -2.28. The Morgan fingerprint density at radius 1 is 1.50 bits per heavy atom. The van der Waals surface area contributed by atoms with Crippen molar-refractivity contribution >= 4 is 17.2 Å². The number of carbonyl (C=O) groups is 1. The molecule has 0 radical (unpaired) electrons. The van der Waals surface area contributed by atoms with Gasteiger partial charge in [0.1, 0.15) is 0 Å². The van der Waals surface area contributed by atoms with Crippen molar-refractivity contribution in [1.82, 2.24) is 0 Å². The molecule has 0 aliphatic rings. The summed E-state index contributed by atoms with van der Waals surface area (Å²) in [5, 5.41) is 11.0. The molecule has 0 spiro atoms. The van der Waals surface area contributed by atoms with Gasteiger partial charge < -0.3 is 4.90 Å². The van der Waals surface area contributed by atoms with Gasteiger partial charge in [0.25, 0.3) is 5.69 Å². The highest BCUT2D eigenvalue weighted by molar-refractivity contribution is 5.98. The minimum atomic E-state index is -0.509.